The highest BCUT2D eigenvalue weighted by Crippen LogP contribution is 2.19. The molecule has 0 aromatic carbocycles. The van der Waals surface area contributed by atoms with Crippen LogP contribution >= 0.6 is 0 Å². The molecule has 0 aliphatic heterocycles. The highest BCUT2D eigenvalue weighted by Gasteiger charge is 2.08. The SMILES string of the molecule is CCc1c(NN)ncnc1NCCc1ncn(C)n1. The third-order valence-corrected chi connectivity index (χ3v) is 2.72. The summed E-state index contributed by atoms with van der Waals surface area (Å²) in [6.07, 6.45) is 4.70. The molecule has 0 aliphatic carbocycles. The van der Waals surface area contributed by atoms with E-state index >= 15 is 0 Å². The molecular formula is C11H18N8. The number of nitrogens with one attached hydrogen (secondary N) is 2. The molecule has 0 fully saturated rings. The van der Waals surface area contributed by atoms with Crippen LogP contribution in [-0.4, -0.2) is 31.3 Å². The molecule has 2 aromatic rings. The number of hydrazine groups is 1. The van der Waals surface area contributed by atoms with Crippen molar-refractivity contribution in [1.82, 2.24) is 24.7 Å². The normalized spacial score (nSPS) is 10.5. The molecule has 8 nitrogen and oxygen atoms in total. The van der Waals surface area contributed by atoms with Gasteiger partial charge < -0.3 is 10.7 Å². The molecule has 0 amide bonds. The second-order valence-electron chi connectivity index (χ2n) is 4.06. The summed E-state index contributed by atoms with van der Waals surface area (Å²) in [5, 5.41) is 7.48. The average molecular weight is 262 g/mol. The van der Waals surface area contributed by atoms with E-state index in [9.17, 15) is 0 Å². The fourth-order valence-electron chi connectivity index (χ4n) is 1.82. The Morgan fingerprint density at radius 2 is 2.05 bits per heavy atom. The van der Waals surface area contributed by atoms with Crippen LogP contribution in [0.1, 0.15) is 18.3 Å². The van der Waals surface area contributed by atoms with Crippen molar-refractivity contribution in [2.24, 2.45) is 12.9 Å². The van der Waals surface area contributed by atoms with Crippen molar-refractivity contribution in [3.05, 3.63) is 24.0 Å². The van der Waals surface area contributed by atoms with E-state index < -0.39 is 0 Å². The Hall–Kier alpha value is -2.22. The maximum atomic E-state index is 5.43. The van der Waals surface area contributed by atoms with Crippen LogP contribution < -0.4 is 16.6 Å². The van der Waals surface area contributed by atoms with Crippen LogP contribution in [0, 0.1) is 0 Å². The molecule has 0 unspecified atom stereocenters. The smallest absolute Gasteiger partial charge is 0.152 e. The van der Waals surface area contributed by atoms with Crippen LogP contribution in [-0.2, 0) is 19.9 Å². The number of nitrogens with zero attached hydrogens (tertiary/aromatic N) is 5. The van der Waals surface area contributed by atoms with Gasteiger partial charge in [0.25, 0.3) is 0 Å². The van der Waals surface area contributed by atoms with Crippen molar-refractivity contribution in [1.29, 1.82) is 0 Å². The number of aromatic nitrogens is 5. The van der Waals surface area contributed by atoms with Crippen LogP contribution in [0.4, 0.5) is 11.6 Å². The molecule has 0 bridgehead atoms. The van der Waals surface area contributed by atoms with Gasteiger partial charge in [0.2, 0.25) is 0 Å². The molecule has 0 spiro atoms. The summed E-state index contributed by atoms with van der Waals surface area (Å²) in [4.78, 5) is 12.5. The summed E-state index contributed by atoms with van der Waals surface area (Å²) in [6, 6.07) is 0. The molecule has 4 N–H and O–H groups in total. The maximum absolute atomic E-state index is 5.43. The van der Waals surface area contributed by atoms with Crippen LogP contribution in [0.3, 0.4) is 0 Å². The van der Waals surface area contributed by atoms with Crippen molar-refractivity contribution in [3.63, 3.8) is 0 Å². The van der Waals surface area contributed by atoms with Gasteiger partial charge >= 0.3 is 0 Å². The van der Waals surface area contributed by atoms with Crippen molar-refractivity contribution >= 4 is 11.6 Å². The third kappa shape index (κ3) is 3.16. The largest absolute Gasteiger partial charge is 0.369 e. The maximum Gasteiger partial charge on any atom is 0.152 e. The standard InChI is InChI=1S/C11H18N8/c1-3-8-10(14-6-15-11(8)17-12)13-5-4-9-16-7-19(2)18-9/h6-7H,3-5,12H2,1-2H3,(H2,13,14,15,17). The number of anilines is 2. The molecule has 8 heteroatoms. The van der Waals surface area contributed by atoms with E-state index in [1.807, 2.05) is 14.0 Å². The van der Waals surface area contributed by atoms with Crippen molar-refractivity contribution in [2.45, 2.75) is 19.8 Å². The summed E-state index contributed by atoms with van der Waals surface area (Å²) >= 11 is 0. The summed E-state index contributed by atoms with van der Waals surface area (Å²) in [5.41, 5.74) is 3.55. The van der Waals surface area contributed by atoms with Gasteiger partial charge in [-0.3, -0.25) is 4.68 Å². The van der Waals surface area contributed by atoms with E-state index in [0.717, 1.165) is 30.0 Å². The van der Waals surface area contributed by atoms with Gasteiger partial charge in [0.15, 0.2) is 5.82 Å². The molecular weight excluding hydrogens is 244 g/mol. The fraction of sp³-hybridized carbons (Fsp3) is 0.455. The van der Waals surface area contributed by atoms with E-state index in [2.05, 4.69) is 30.8 Å². The molecule has 2 aromatic heterocycles. The second kappa shape index (κ2) is 6.10. The Kier molecular flexibility index (Phi) is 4.24. The van der Waals surface area contributed by atoms with Crippen molar-refractivity contribution in [3.8, 4) is 0 Å². The molecule has 2 rings (SSSR count). The minimum atomic E-state index is 0.649. The minimum absolute atomic E-state index is 0.649. The topological polar surface area (TPSA) is 107 Å². The van der Waals surface area contributed by atoms with Gasteiger partial charge in [-0.15, -0.1) is 0 Å². The molecule has 0 aliphatic rings. The first-order valence-corrected chi connectivity index (χ1v) is 6.13. The second-order valence-corrected chi connectivity index (χ2v) is 4.06. The monoisotopic (exact) mass is 262 g/mol. The van der Waals surface area contributed by atoms with Gasteiger partial charge in [0.1, 0.15) is 24.3 Å². The summed E-state index contributed by atoms with van der Waals surface area (Å²) in [5.74, 6) is 7.67. The van der Waals surface area contributed by atoms with E-state index in [4.69, 9.17) is 5.84 Å². The van der Waals surface area contributed by atoms with Crippen LogP contribution in [0.2, 0.25) is 0 Å². The Morgan fingerprint density at radius 1 is 1.26 bits per heavy atom. The molecule has 0 radical (unpaired) electrons. The number of rotatable bonds is 6. The van der Waals surface area contributed by atoms with Gasteiger partial charge in [-0.2, -0.15) is 5.10 Å². The number of nitrogen functional groups attached to an aromatic ring is 1. The summed E-state index contributed by atoms with van der Waals surface area (Å²) in [7, 11) is 1.85. The average Bonchev–Trinajstić information content (AvgIpc) is 2.84. The van der Waals surface area contributed by atoms with Gasteiger partial charge in [-0.05, 0) is 6.42 Å². The van der Waals surface area contributed by atoms with E-state index in [1.54, 1.807) is 11.0 Å². The number of nitrogens with two attached hydrogens (primary N) is 1. The lowest BCUT2D eigenvalue weighted by atomic mass is 10.2. The Balaban J connectivity index is 1.99. The van der Waals surface area contributed by atoms with Gasteiger partial charge in [-0.25, -0.2) is 20.8 Å². The number of hydrogen-bond acceptors (Lipinski definition) is 7. The lowest BCUT2D eigenvalue weighted by Crippen LogP contribution is -2.15. The predicted octanol–water partition coefficient (Wildman–Crippen LogP) is 0.108. The number of aryl methyl sites for hydroxylation is 1. The van der Waals surface area contributed by atoms with Gasteiger partial charge in [0.05, 0.1) is 0 Å². The first kappa shape index (κ1) is 13.2. The lowest BCUT2D eigenvalue weighted by Gasteiger charge is -2.11. The van der Waals surface area contributed by atoms with E-state index in [1.165, 1.54) is 6.33 Å². The zero-order valence-corrected chi connectivity index (χ0v) is 11.1. The zero-order chi connectivity index (χ0) is 13.7. The summed E-state index contributed by atoms with van der Waals surface area (Å²) < 4.78 is 1.69. The third-order valence-electron chi connectivity index (χ3n) is 2.72. The van der Waals surface area contributed by atoms with Crippen LogP contribution in [0.25, 0.3) is 0 Å². The molecule has 2 heterocycles. The molecule has 0 saturated carbocycles. The van der Waals surface area contributed by atoms with Crippen molar-refractivity contribution in [2.75, 3.05) is 17.3 Å². The first-order chi connectivity index (χ1) is 9.24. The Morgan fingerprint density at radius 3 is 2.68 bits per heavy atom. The van der Waals surface area contributed by atoms with Crippen LogP contribution in [0.5, 0.6) is 0 Å². The first-order valence-electron chi connectivity index (χ1n) is 6.13. The lowest BCUT2D eigenvalue weighted by molar-refractivity contribution is 0.741. The highest BCUT2D eigenvalue weighted by molar-refractivity contribution is 5.56. The Bertz CT molecular complexity index is 535. The highest BCUT2D eigenvalue weighted by atomic mass is 15.3. The van der Waals surface area contributed by atoms with E-state index in [0.29, 0.717) is 12.4 Å². The quantitative estimate of drug-likeness (QED) is 0.501. The summed E-state index contributed by atoms with van der Waals surface area (Å²) in [6.45, 7) is 2.74. The van der Waals surface area contributed by atoms with Crippen molar-refractivity contribution < 1.29 is 0 Å². The van der Waals surface area contributed by atoms with Gasteiger partial charge in [0, 0.05) is 25.6 Å². The minimum Gasteiger partial charge on any atom is -0.369 e. The molecule has 102 valence electrons. The predicted molar refractivity (Wildman–Crippen MR) is 72.4 cm³/mol. The fourth-order valence-corrected chi connectivity index (χ4v) is 1.82. The molecule has 0 atom stereocenters. The van der Waals surface area contributed by atoms with Gasteiger partial charge in [-0.1, -0.05) is 6.92 Å². The number of hydrogen-bond donors (Lipinski definition) is 3. The van der Waals surface area contributed by atoms with E-state index in [-0.39, 0.29) is 0 Å². The molecule has 19 heavy (non-hydrogen) atoms. The molecule has 0 saturated heterocycles. The zero-order valence-electron chi connectivity index (χ0n) is 11.1. The van der Waals surface area contributed by atoms with Crippen LogP contribution in [0.15, 0.2) is 12.7 Å². The Labute approximate surface area is 111 Å².